The van der Waals surface area contributed by atoms with Crippen molar-refractivity contribution in [2.75, 3.05) is 13.2 Å². The van der Waals surface area contributed by atoms with E-state index in [2.05, 4.69) is 0 Å². The summed E-state index contributed by atoms with van der Waals surface area (Å²) >= 11 is 0. The Kier molecular flexibility index (Phi) is 4.77. The molecule has 0 aliphatic rings. The Morgan fingerprint density at radius 2 is 1.76 bits per heavy atom. The molecule has 0 saturated carbocycles. The first-order chi connectivity index (χ1) is 10.1. The van der Waals surface area contributed by atoms with Gasteiger partial charge in [0.2, 0.25) is 0 Å². The van der Waals surface area contributed by atoms with Crippen LogP contribution in [0.2, 0.25) is 0 Å². The summed E-state index contributed by atoms with van der Waals surface area (Å²) in [5.74, 6) is 0.137. The van der Waals surface area contributed by atoms with Crippen LogP contribution in [-0.4, -0.2) is 19.1 Å². The zero-order valence-electron chi connectivity index (χ0n) is 11.6. The summed E-state index contributed by atoms with van der Waals surface area (Å²) < 4.78 is 23.7. The second-order valence-electron chi connectivity index (χ2n) is 4.51. The lowest BCUT2D eigenvalue weighted by atomic mass is 10.1. The van der Waals surface area contributed by atoms with Crippen LogP contribution < -0.4 is 15.2 Å². The number of carbonyl (C=O) groups is 1. The molecule has 21 heavy (non-hydrogen) atoms. The molecular weight excluding hydrogens is 273 g/mol. The summed E-state index contributed by atoms with van der Waals surface area (Å²) in [6, 6.07) is 10.9. The van der Waals surface area contributed by atoms with Gasteiger partial charge in [0.25, 0.3) is 5.91 Å². The third kappa shape index (κ3) is 4.21. The van der Waals surface area contributed by atoms with Gasteiger partial charge in [0.05, 0.1) is 5.56 Å². The minimum absolute atomic E-state index is 0.251. The number of hydrogen-bond donors (Lipinski definition) is 1. The van der Waals surface area contributed by atoms with Crippen LogP contribution in [0, 0.1) is 12.7 Å². The maximum absolute atomic E-state index is 12.7. The van der Waals surface area contributed by atoms with E-state index in [1.807, 2.05) is 6.92 Å². The van der Waals surface area contributed by atoms with Crippen molar-refractivity contribution in [3.8, 4) is 11.5 Å². The lowest BCUT2D eigenvalue weighted by molar-refractivity contribution is 0.0995. The number of carbonyl (C=O) groups excluding carboxylic acids is 1. The molecule has 0 spiro atoms. The molecule has 0 fully saturated rings. The first-order valence-electron chi connectivity index (χ1n) is 6.48. The van der Waals surface area contributed by atoms with E-state index in [-0.39, 0.29) is 19.0 Å². The molecule has 1 amide bonds. The highest BCUT2D eigenvalue weighted by molar-refractivity contribution is 5.95. The Bertz CT molecular complexity index is 626. The second kappa shape index (κ2) is 6.74. The van der Waals surface area contributed by atoms with Crippen LogP contribution in [0.3, 0.4) is 0 Å². The summed E-state index contributed by atoms with van der Waals surface area (Å²) in [6.45, 7) is 2.42. The zero-order chi connectivity index (χ0) is 15.2. The van der Waals surface area contributed by atoms with Gasteiger partial charge in [-0.2, -0.15) is 0 Å². The summed E-state index contributed by atoms with van der Waals surface area (Å²) in [6.07, 6.45) is 0. The topological polar surface area (TPSA) is 61.6 Å². The standard InChI is InChI=1S/C16H16FNO3/c1-11-2-7-14(16(18)19)15(10-11)21-9-8-20-13-5-3-12(17)4-6-13/h2-7,10H,8-9H2,1H3,(H2,18,19). The lowest BCUT2D eigenvalue weighted by Crippen LogP contribution is -2.15. The molecule has 0 aliphatic heterocycles. The SMILES string of the molecule is Cc1ccc(C(N)=O)c(OCCOc2ccc(F)cc2)c1. The molecule has 0 bridgehead atoms. The molecule has 0 aromatic heterocycles. The summed E-state index contributed by atoms with van der Waals surface area (Å²) in [5.41, 5.74) is 6.59. The maximum atomic E-state index is 12.7. The lowest BCUT2D eigenvalue weighted by Gasteiger charge is -2.11. The largest absolute Gasteiger partial charge is 0.490 e. The van der Waals surface area contributed by atoms with Gasteiger partial charge in [0.1, 0.15) is 30.5 Å². The quantitative estimate of drug-likeness (QED) is 0.832. The summed E-state index contributed by atoms with van der Waals surface area (Å²) in [5, 5.41) is 0. The molecule has 0 heterocycles. The van der Waals surface area contributed by atoms with Crippen molar-refractivity contribution in [3.05, 3.63) is 59.4 Å². The Morgan fingerprint density at radius 1 is 1.10 bits per heavy atom. The summed E-state index contributed by atoms with van der Waals surface area (Å²) in [4.78, 5) is 11.3. The van der Waals surface area contributed by atoms with Gasteiger partial charge >= 0.3 is 0 Å². The first-order valence-corrected chi connectivity index (χ1v) is 6.48. The average Bonchev–Trinajstić information content (AvgIpc) is 2.45. The highest BCUT2D eigenvalue weighted by Crippen LogP contribution is 2.20. The van der Waals surface area contributed by atoms with Crippen LogP contribution in [0.25, 0.3) is 0 Å². The first kappa shape index (κ1) is 14.8. The normalized spacial score (nSPS) is 10.2. The van der Waals surface area contributed by atoms with Crippen molar-refractivity contribution >= 4 is 5.91 Å². The maximum Gasteiger partial charge on any atom is 0.252 e. The van der Waals surface area contributed by atoms with Crippen LogP contribution in [0.1, 0.15) is 15.9 Å². The molecule has 2 N–H and O–H groups in total. The number of hydrogen-bond acceptors (Lipinski definition) is 3. The van der Waals surface area contributed by atoms with E-state index in [4.69, 9.17) is 15.2 Å². The third-order valence-electron chi connectivity index (χ3n) is 2.83. The van der Waals surface area contributed by atoms with Crippen molar-refractivity contribution in [1.82, 2.24) is 0 Å². The van der Waals surface area contributed by atoms with Gasteiger partial charge in [-0.25, -0.2) is 4.39 Å². The Balaban J connectivity index is 1.90. The van der Waals surface area contributed by atoms with Gasteiger partial charge in [-0.15, -0.1) is 0 Å². The average molecular weight is 289 g/mol. The van der Waals surface area contributed by atoms with Crippen molar-refractivity contribution in [2.24, 2.45) is 5.73 Å². The monoisotopic (exact) mass is 289 g/mol. The fourth-order valence-electron chi connectivity index (χ4n) is 1.79. The van der Waals surface area contributed by atoms with E-state index in [0.717, 1.165) is 5.56 Å². The number of rotatable bonds is 6. The number of halogens is 1. The molecule has 2 aromatic carbocycles. The van der Waals surface area contributed by atoms with Gasteiger partial charge in [-0.3, -0.25) is 4.79 Å². The van der Waals surface area contributed by atoms with Gasteiger partial charge in [-0.05, 0) is 48.9 Å². The van der Waals surface area contributed by atoms with Crippen molar-refractivity contribution in [1.29, 1.82) is 0 Å². The minimum atomic E-state index is -0.538. The molecule has 0 saturated heterocycles. The fraction of sp³-hybridized carbons (Fsp3) is 0.188. The Morgan fingerprint density at radius 3 is 2.43 bits per heavy atom. The van der Waals surface area contributed by atoms with E-state index < -0.39 is 5.91 Å². The molecular formula is C16H16FNO3. The van der Waals surface area contributed by atoms with Crippen LogP contribution in [0.4, 0.5) is 4.39 Å². The van der Waals surface area contributed by atoms with Crippen LogP contribution >= 0.6 is 0 Å². The van der Waals surface area contributed by atoms with Crippen molar-refractivity contribution < 1.29 is 18.7 Å². The molecule has 0 aliphatic carbocycles. The van der Waals surface area contributed by atoms with Gasteiger partial charge in [-0.1, -0.05) is 6.07 Å². The highest BCUT2D eigenvalue weighted by atomic mass is 19.1. The zero-order valence-corrected chi connectivity index (χ0v) is 11.6. The van der Waals surface area contributed by atoms with E-state index in [0.29, 0.717) is 17.1 Å². The molecule has 2 rings (SSSR count). The predicted octanol–water partition coefficient (Wildman–Crippen LogP) is 2.69. The smallest absolute Gasteiger partial charge is 0.252 e. The molecule has 5 heteroatoms. The molecule has 4 nitrogen and oxygen atoms in total. The van der Waals surface area contributed by atoms with Crippen molar-refractivity contribution in [2.45, 2.75) is 6.92 Å². The molecule has 0 radical (unpaired) electrons. The number of ether oxygens (including phenoxy) is 2. The third-order valence-corrected chi connectivity index (χ3v) is 2.83. The molecule has 0 unspecified atom stereocenters. The number of aryl methyl sites for hydroxylation is 1. The molecule has 110 valence electrons. The van der Waals surface area contributed by atoms with Crippen LogP contribution in [0.5, 0.6) is 11.5 Å². The fourth-order valence-corrected chi connectivity index (χ4v) is 1.79. The second-order valence-corrected chi connectivity index (χ2v) is 4.51. The van der Waals surface area contributed by atoms with Crippen LogP contribution in [-0.2, 0) is 0 Å². The summed E-state index contributed by atoms with van der Waals surface area (Å²) in [7, 11) is 0. The van der Waals surface area contributed by atoms with Gasteiger partial charge < -0.3 is 15.2 Å². The molecule has 2 aromatic rings. The van der Waals surface area contributed by atoms with E-state index >= 15 is 0 Å². The Labute approximate surface area is 122 Å². The van der Waals surface area contributed by atoms with Crippen molar-refractivity contribution in [3.63, 3.8) is 0 Å². The minimum Gasteiger partial charge on any atom is -0.490 e. The van der Waals surface area contributed by atoms with Gasteiger partial charge in [0.15, 0.2) is 0 Å². The predicted molar refractivity (Wildman–Crippen MR) is 77.1 cm³/mol. The van der Waals surface area contributed by atoms with Crippen LogP contribution in [0.15, 0.2) is 42.5 Å². The number of benzene rings is 2. The highest BCUT2D eigenvalue weighted by Gasteiger charge is 2.09. The number of primary amides is 1. The van der Waals surface area contributed by atoms with E-state index in [1.54, 1.807) is 18.2 Å². The van der Waals surface area contributed by atoms with Gasteiger partial charge in [0, 0.05) is 0 Å². The number of amides is 1. The van der Waals surface area contributed by atoms with E-state index in [9.17, 15) is 9.18 Å². The Hall–Kier alpha value is -2.56. The van der Waals surface area contributed by atoms with E-state index in [1.165, 1.54) is 24.3 Å². The molecule has 0 atom stereocenters. The number of nitrogens with two attached hydrogens (primary N) is 1.